The molecule has 2 heterocycles. The number of hydrogen-bond acceptors (Lipinski definition) is 6. The third kappa shape index (κ3) is 2.05. The first-order valence-corrected chi connectivity index (χ1v) is 4.67. The molecule has 0 aliphatic heterocycles. The zero-order chi connectivity index (χ0) is 11.5. The van der Waals surface area contributed by atoms with Crippen LogP contribution in [0.15, 0.2) is 17.1 Å². The van der Waals surface area contributed by atoms with Crippen molar-refractivity contribution < 1.29 is 0 Å². The number of tetrazole rings is 1. The summed E-state index contributed by atoms with van der Waals surface area (Å²) in [5, 5.41) is 18.2. The van der Waals surface area contributed by atoms with E-state index in [1.54, 1.807) is 20.3 Å². The fourth-order valence-electron chi connectivity index (χ4n) is 1.21. The molecule has 0 aliphatic rings. The van der Waals surface area contributed by atoms with Crippen LogP contribution in [0.5, 0.6) is 0 Å². The van der Waals surface area contributed by atoms with E-state index in [1.807, 2.05) is 0 Å². The van der Waals surface area contributed by atoms with E-state index in [2.05, 4.69) is 25.8 Å². The molecule has 8 nitrogen and oxygen atoms in total. The van der Waals surface area contributed by atoms with Crippen LogP contribution in [-0.2, 0) is 13.6 Å². The van der Waals surface area contributed by atoms with Gasteiger partial charge in [0.1, 0.15) is 6.54 Å². The predicted molar refractivity (Wildman–Crippen MR) is 55.9 cm³/mol. The summed E-state index contributed by atoms with van der Waals surface area (Å²) in [6, 6.07) is 1.46. The van der Waals surface area contributed by atoms with Gasteiger partial charge in [-0.05, 0) is 5.21 Å². The molecular weight excluding hydrogens is 210 g/mol. The Morgan fingerprint density at radius 1 is 1.50 bits per heavy atom. The van der Waals surface area contributed by atoms with Gasteiger partial charge in [-0.3, -0.25) is 4.79 Å². The lowest BCUT2D eigenvalue weighted by Gasteiger charge is -2.02. The Bertz CT molecular complexity index is 543. The maximum atomic E-state index is 11.6. The van der Waals surface area contributed by atoms with Gasteiger partial charge in [0.15, 0.2) is 5.82 Å². The Hall–Kier alpha value is -2.25. The molecule has 0 saturated carbocycles. The first-order valence-electron chi connectivity index (χ1n) is 4.67. The van der Waals surface area contributed by atoms with Gasteiger partial charge in [0, 0.05) is 13.1 Å². The SMILES string of the molecule is CNc1cnn(Cc2nnn(C)n2)c(=O)c1. The smallest absolute Gasteiger partial charge is 0.269 e. The number of rotatable bonds is 3. The average molecular weight is 221 g/mol. The Labute approximate surface area is 90.9 Å². The lowest BCUT2D eigenvalue weighted by molar-refractivity contribution is 0.601. The Kier molecular flexibility index (Phi) is 2.63. The van der Waals surface area contributed by atoms with Crippen molar-refractivity contribution in [1.82, 2.24) is 30.0 Å². The summed E-state index contributed by atoms with van der Waals surface area (Å²) in [7, 11) is 3.39. The van der Waals surface area contributed by atoms with Crippen molar-refractivity contribution in [2.24, 2.45) is 7.05 Å². The highest BCUT2D eigenvalue weighted by atomic mass is 16.1. The molecule has 0 bridgehead atoms. The molecule has 84 valence electrons. The standard InChI is InChI=1S/C8H11N7O/c1-9-6-3-8(16)15(10-4-6)5-7-11-13-14(2)12-7/h3-4,9H,5H2,1-2H3. The molecule has 2 aromatic heterocycles. The molecule has 0 saturated heterocycles. The summed E-state index contributed by atoms with van der Waals surface area (Å²) in [6.45, 7) is 0.219. The highest BCUT2D eigenvalue weighted by molar-refractivity contribution is 5.37. The molecule has 0 aliphatic carbocycles. The number of nitrogens with one attached hydrogen (secondary N) is 1. The molecule has 2 rings (SSSR count). The minimum atomic E-state index is -0.209. The molecule has 16 heavy (non-hydrogen) atoms. The van der Waals surface area contributed by atoms with Crippen molar-refractivity contribution in [3.8, 4) is 0 Å². The van der Waals surface area contributed by atoms with Crippen LogP contribution < -0.4 is 10.9 Å². The monoisotopic (exact) mass is 221 g/mol. The summed E-state index contributed by atoms with van der Waals surface area (Å²) >= 11 is 0. The van der Waals surface area contributed by atoms with Crippen LogP contribution in [0.25, 0.3) is 0 Å². The number of hydrogen-bond donors (Lipinski definition) is 1. The van der Waals surface area contributed by atoms with Crippen LogP contribution in [0, 0.1) is 0 Å². The van der Waals surface area contributed by atoms with E-state index in [-0.39, 0.29) is 12.1 Å². The van der Waals surface area contributed by atoms with Crippen LogP contribution in [-0.4, -0.2) is 37.0 Å². The molecule has 0 amide bonds. The fourth-order valence-corrected chi connectivity index (χ4v) is 1.21. The van der Waals surface area contributed by atoms with Crippen LogP contribution in [0.4, 0.5) is 5.69 Å². The second-order valence-corrected chi connectivity index (χ2v) is 3.19. The van der Waals surface area contributed by atoms with Crippen LogP contribution >= 0.6 is 0 Å². The molecule has 2 aromatic rings. The van der Waals surface area contributed by atoms with Gasteiger partial charge in [0.2, 0.25) is 0 Å². The van der Waals surface area contributed by atoms with Gasteiger partial charge in [0.25, 0.3) is 5.56 Å². The topological polar surface area (TPSA) is 90.5 Å². The third-order valence-electron chi connectivity index (χ3n) is 2.00. The van der Waals surface area contributed by atoms with E-state index in [9.17, 15) is 4.79 Å². The van der Waals surface area contributed by atoms with E-state index < -0.39 is 0 Å². The normalized spacial score (nSPS) is 10.4. The Morgan fingerprint density at radius 3 is 2.88 bits per heavy atom. The molecule has 0 atom stereocenters. The van der Waals surface area contributed by atoms with Crippen molar-refractivity contribution in [3.63, 3.8) is 0 Å². The lowest BCUT2D eigenvalue weighted by Crippen LogP contribution is -2.23. The molecule has 0 spiro atoms. The zero-order valence-corrected chi connectivity index (χ0v) is 8.95. The van der Waals surface area contributed by atoms with Crippen LogP contribution in [0.2, 0.25) is 0 Å². The first kappa shape index (κ1) is 10.3. The number of aryl methyl sites for hydroxylation is 1. The maximum Gasteiger partial charge on any atom is 0.269 e. The number of nitrogens with zero attached hydrogens (tertiary/aromatic N) is 6. The maximum absolute atomic E-state index is 11.6. The van der Waals surface area contributed by atoms with Crippen molar-refractivity contribution >= 4 is 5.69 Å². The van der Waals surface area contributed by atoms with Gasteiger partial charge in [-0.15, -0.1) is 10.2 Å². The summed E-state index contributed by atoms with van der Waals surface area (Å²) in [5.41, 5.74) is 0.465. The van der Waals surface area contributed by atoms with Gasteiger partial charge >= 0.3 is 0 Å². The Balaban J connectivity index is 2.25. The van der Waals surface area contributed by atoms with Crippen molar-refractivity contribution in [1.29, 1.82) is 0 Å². The van der Waals surface area contributed by atoms with E-state index in [0.717, 1.165) is 0 Å². The summed E-state index contributed by atoms with van der Waals surface area (Å²) in [4.78, 5) is 12.9. The molecule has 1 N–H and O–H groups in total. The van der Waals surface area contributed by atoms with Crippen molar-refractivity contribution in [2.75, 3.05) is 12.4 Å². The average Bonchev–Trinajstić information content (AvgIpc) is 2.67. The van der Waals surface area contributed by atoms with Gasteiger partial charge in [-0.25, -0.2) is 4.68 Å². The predicted octanol–water partition coefficient (Wildman–Crippen LogP) is -1.14. The van der Waals surface area contributed by atoms with Gasteiger partial charge < -0.3 is 5.32 Å². The van der Waals surface area contributed by atoms with E-state index in [4.69, 9.17) is 0 Å². The van der Waals surface area contributed by atoms with E-state index in [1.165, 1.54) is 15.5 Å². The lowest BCUT2D eigenvalue weighted by atomic mass is 10.4. The summed E-state index contributed by atoms with van der Waals surface area (Å²) < 4.78 is 1.28. The second-order valence-electron chi connectivity index (χ2n) is 3.19. The summed E-state index contributed by atoms with van der Waals surface area (Å²) in [6.07, 6.45) is 1.57. The van der Waals surface area contributed by atoms with Crippen LogP contribution in [0.1, 0.15) is 5.82 Å². The van der Waals surface area contributed by atoms with Gasteiger partial charge in [-0.1, -0.05) is 0 Å². The molecule has 8 heteroatoms. The minimum Gasteiger partial charge on any atom is -0.387 e. The summed E-state index contributed by atoms with van der Waals surface area (Å²) in [5.74, 6) is 0.453. The van der Waals surface area contributed by atoms with Crippen molar-refractivity contribution in [3.05, 3.63) is 28.4 Å². The van der Waals surface area contributed by atoms with Crippen molar-refractivity contribution in [2.45, 2.75) is 6.54 Å². The third-order valence-corrected chi connectivity index (χ3v) is 2.00. The molecule has 0 fully saturated rings. The number of aromatic nitrogens is 6. The Morgan fingerprint density at radius 2 is 2.31 bits per heavy atom. The fraction of sp³-hybridized carbons (Fsp3) is 0.375. The highest BCUT2D eigenvalue weighted by Crippen LogP contribution is 1.97. The first-order chi connectivity index (χ1) is 7.69. The molecule has 0 aromatic carbocycles. The zero-order valence-electron chi connectivity index (χ0n) is 8.95. The minimum absolute atomic E-state index is 0.209. The van der Waals surface area contributed by atoms with Gasteiger partial charge in [0.05, 0.1) is 18.9 Å². The van der Waals surface area contributed by atoms with Gasteiger partial charge in [-0.2, -0.15) is 9.90 Å². The quantitative estimate of drug-likeness (QED) is 0.704. The molecule has 0 radical (unpaired) electrons. The van der Waals surface area contributed by atoms with Crippen LogP contribution in [0.3, 0.4) is 0 Å². The van der Waals surface area contributed by atoms with E-state index >= 15 is 0 Å². The van der Waals surface area contributed by atoms with E-state index in [0.29, 0.717) is 11.5 Å². The highest BCUT2D eigenvalue weighted by Gasteiger charge is 2.04. The second kappa shape index (κ2) is 4.09. The molecular formula is C8H11N7O. The largest absolute Gasteiger partial charge is 0.387 e. The molecule has 0 unspecified atom stereocenters. The number of anilines is 1.